The summed E-state index contributed by atoms with van der Waals surface area (Å²) in [5, 5.41) is 4.64. The summed E-state index contributed by atoms with van der Waals surface area (Å²) in [5.74, 6) is 2.86. The van der Waals surface area contributed by atoms with Crippen LogP contribution in [0, 0.1) is 18.8 Å². The standard InChI is InChI=1S/C16H30N4/c1-6-14(17)9-15-13(4)18-19(5)16(15)20-8-7-11(2)12(3)10-20/h11-12,14H,6-10,17H2,1-5H3. The normalized spacial score (nSPS) is 25.0. The van der Waals surface area contributed by atoms with Crippen LogP contribution in [0.15, 0.2) is 0 Å². The Labute approximate surface area is 123 Å². The summed E-state index contributed by atoms with van der Waals surface area (Å²) < 4.78 is 2.05. The van der Waals surface area contributed by atoms with E-state index in [0.29, 0.717) is 0 Å². The molecule has 1 aromatic heterocycles. The van der Waals surface area contributed by atoms with E-state index in [1.807, 2.05) is 0 Å². The maximum atomic E-state index is 6.18. The molecule has 0 saturated carbocycles. The smallest absolute Gasteiger partial charge is 0.130 e. The molecule has 0 radical (unpaired) electrons. The van der Waals surface area contributed by atoms with Gasteiger partial charge in [-0.3, -0.25) is 4.68 Å². The van der Waals surface area contributed by atoms with Crippen LogP contribution in [-0.4, -0.2) is 28.9 Å². The Bertz CT molecular complexity index is 452. The van der Waals surface area contributed by atoms with Crippen molar-refractivity contribution in [2.75, 3.05) is 18.0 Å². The van der Waals surface area contributed by atoms with Crippen LogP contribution >= 0.6 is 0 Å². The Hall–Kier alpha value is -1.03. The third-order valence-electron chi connectivity index (χ3n) is 4.94. The van der Waals surface area contributed by atoms with Gasteiger partial charge in [-0.05, 0) is 38.0 Å². The summed E-state index contributed by atoms with van der Waals surface area (Å²) in [6, 6.07) is 0.234. The Morgan fingerprint density at radius 1 is 1.35 bits per heavy atom. The van der Waals surface area contributed by atoms with Crippen molar-refractivity contribution < 1.29 is 0 Å². The van der Waals surface area contributed by atoms with Gasteiger partial charge in [0.15, 0.2) is 0 Å². The average Bonchev–Trinajstić information content (AvgIpc) is 2.67. The van der Waals surface area contributed by atoms with E-state index in [0.717, 1.165) is 43.5 Å². The molecule has 4 heteroatoms. The minimum atomic E-state index is 0.234. The van der Waals surface area contributed by atoms with Gasteiger partial charge in [0.2, 0.25) is 0 Å². The lowest BCUT2D eigenvalue weighted by Gasteiger charge is -2.37. The van der Waals surface area contributed by atoms with Crippen LogP contribution in [0.25, 0.3) is 0 Å². The zero-order valence-electron chi connectivity index (χ0n) is 13.7. The first-order valence-electron chi connectivity index (χ1n) is 7.97. The van der Waals surface area contributed by atoms with Crippen LogP contribution in [-0.2, 0) is 13.5 Å². The lowest BCUT2D eigenvalue weighted by molar-refractivity contribution is 0.321. The number of hydrogen-bond acceptors (Lipinski definition) is 3. The van der Waals surface area contributed by atoms with Crippen LogP contribution in [0.1, 0.15) is 44.9 Å². The highest BCUT2D eigenvalue weighted by Crippen LogP contribution is 2.31. The van der Waals surface area contributed by atoms with Gasteiger partial charge in [0.05, 0.1) is 5.69 Å². The van der Waals surface area contributed by atoms with Crippen molar-refractivity contribution in [3.8, 4) is 0 Å². The first kappa shape index (κ1) is 15.4. The minimum Gasteiger partial charge on any atom is -0.356 e. The van der Waals surface area contributed by atoms with Gasteiger partial charge in [0.25, 0.3) is 0 Å². The Balaban J connectivity index is 2.26. The molecule has 2 heterocycles. The summed E-state index contributed by atoms with van der Waals surface area (Å²) >= 11 is 0. The number of anilines is 1. The summed E-state index contributed by atoms with van der Waals surface area (Å²) in [7, 11) is 2.06. The molecule has 2 rings (SSSR count). The second kappa shape index (κ2) is 6.17. The molecule has 0 spiro atoms. The second-order valence-electron chi connectivity index (χ2n) is 6.57. The number of nitrogens with zero attached hydrogens (tertiary/aromatic N) is 3. The topological polar surface area (TPSA) is 47.1 Å². The van der Waals surface area contributed by atoms with Gasteiger partial charge in [-0.25, -0.2) is 0 Å². The Morgan fingerprint density at radius 2 is 2.05 bits per heavy atom. The number of aryl methyl sites for hydroxylation is 2. The highest BCUT2D eigenvalue weighted by molar-refractivity contribution is 5.51. The van der Waals surface area contributed by atoms with Gasteiger partial charge in [-0.15, -0.1) is 0 Å². The van der Waals surface area contributed by atoms with Gasteiger partial charge in [-0.2, -0.15) is 5.10 Å². The maximum Gasteiger partial charge on any atom is 0.130 e. The fourth-order valence-electron chi connectivity index (χ4n) is 3.19. The largest absolute Gasteiger partial charge is 0.356 e. The molecule has 114 valence electrons. The van der Waals surface area contributed by atoms with Gasteiger partial charge in [0, 0.05) is 31.7 Å². The predicted octanol–water partition coefficient (Wildman–Crippen LogP) is 2.49. The molecular formula is C16H30N4. The molecule has 0 bridgehead atoms. The van der Waals surface area contributed by atoms with Gasteiger partial charge in [0.1, 0.15) is 5.82 Å². The first-order chi connectivity index (χ1) is 9.43. The molecule has 4 nitrogen and oxygen atoms in total. The highest BCUT2D eigenvalue weighted by atomic mass is 15.4. The molecule has 1 aliphatic rings. The summed E-state index contributed by atoms with van der Waals surface area (Å²) in [6.45, 7) is 11.3. The lowest BCUT2D eigenvalue weighted by atomic mass is 9.88. The zero-order chi connectivity index (χ0) is 14.9. The molecule has 20 heavy (non-hydrogen) atoms. The van der Waals surface area contributed by atoms with Gasteiger partial charge < -0.3 is 10.6 Å². The molecule has 1 fully saturated rings. The van der Waals surface area contributed by atoms with Crippen molar-refractivity contribution in [1.82, 2.24) is 9.78 Å². The van der Waals surface area contributed by atoms with Crippen molar-refractivity contribution in [2.24, 2.45) is 24.6 Å². The van der Waals surface area contributed by atoms with E-state index in [1.165, 1.54) is 17.8 Å². The van der Waals surface area contributed by atoms with Crippen LogP contribution in [0.2, 0.25) is 0 Å². The SMILES string of the molecule is CCC(N)Cc1c(C)nn(C)c1N1CCC(C)C(C)C1. The lowest BCUT2D eigenvalue weighted by Crippen LogP contribution is -2.40. The molecular weight excluding hydrogens is 248 g/mol. The molecule has 3 atom stereocenters. The van der Waals surface area contributed by atoms with Crippen molar-refractivity contribution in [3.63, 3.8) is 0 Å². The highest BCUT2D eigenvalue weighted by Gasteiger charge is 2.27. The van der Waals surface area contributed by atoms with E-state index < -0.39 is 0 Å². The van der Waals surface area contributed by atoms with Crippen LogP contribution in [0.4, 0.5) is 5.82 Å². The molecule has 1 saturated heterocycles. The number of aromatic nitrogens is 2. The molecule has 0 amide bonds. The summed E-state index contributed by atoms with van der Waals surface area (Å²) in [4.78, 5) is 2.52. The molecule has 0 aliphatic carbocycles. The zero-order valence-corrected chi connectivity index (χ0v) is 13.7. The number of piperidine rings is 1. The third-order valence-corrected chi connectivity index (χ3v) is 4.94. The molecule has 0 aromatic carbocycles. The van der Waals surface area contributed by atoms with E-state index in [4.69, 9.17) is 5.73 Å². The quantitative estimate of drug-likeness (QED) is 0.920. The van der Waals surface area contributed by atoms with Crippen LogP contribution in [0.5, 0.6) is 0 Å². The predicted molar refractivity (Wildman–Crippen MR) is 85.1 cm³/mol. The monoisotopic (exact) mass is 278 g/mol. The van der Waals surface area contributed by atoms with Crippen LogP contribution < -0.4 is 10.6 Å². The number of rotatable bonds is 4. The average molecular weight is 278 g/mol. The summed E-state index contributed by atoms with van der Waals surface area (Å²) in [5.41, 5.74) is 8.66. The number of hydrogen-bond donors (Lipinski definition) is 1. The van der Waals surface area contributed by atoms with Crippen molar-refractivity contribution in [1.29, 1.82) is 0 Å². The maximum absolute atomic E-state index is 6.18. The first-order valence-corrected chi connectivity index (χ1v) is 7.97. The van der Waals surface area contributed by atoms with E-state index in [2.05, 4.69) is 49.4 Å². The Morgan fingerprint density at radius 3 is 2.65 bits per heavy atom. The van der Waals surface area contributed by atoms with Crippen LogP contribution in [0.3, 0.4) is 0 Å². The second-order valence-corrected chi connectivity index (χ2v) is 6.57. The molecule has 3 unspecified atom stereocenters. The molecule has 1 aromatic rings. The number of nitrogens with two attached hydrogens (primary N) is 1. The fraction of sp³-hybridized carbons (Fsp3) is 0.812. The van der Waals surface area contributed by atoms with Crippen molar-refractivity contribution >= 4 is 5.82 Å². The fourth-order valence-corrected chi connectivity index (χ4v) is 3.19. The van der Waals surface area contributed by atoms with E-state index >= 15 is 0 Å². The molecule has 1 aliphatic heterocycles. The third kappa shape index (κ3) is 3.00. The van der Waals surface area contributed by atoms with Gasteiger partial charge >= 0.3 is 0 Å². The van der Waals surface area contributed by atoms with E-state index in [1.54, 1.807) is 0 Å². The summed E-state index contributed by atoms with van der Waals surface area (Å²) in [6.07, 6.45) is 3.22. The van der Waals surface area contributed by atoms with E-state index in [-0.39, 0.29) is 6.04 Å². The van der Waals surface area contributed by atoms with Crippen molar-refractivity contribution in [2.45, 2.75) is 53.0 Å². The van der Waals surface area contributed by atoms with Crippen molar-refractivity contribution in [3.05, 3.63) is 11.3 Å². The van der Waals surface area contributed by atoms with Gasteiger partial charge in [-0.1, -0.05) is 20.8 Å². The minimum absolute atomic E-state index is 0.234. The van der Waals surface area contributed by atoms with E-state index in [9.17, 15) is 0 Å². The Kier molecular flexibility index (Phi) is 4.74. The molecule has 2 N–H and O–H groups in total.